The fourth-order valence-corrected chi connectivity index (χ4v) is 3.37. The third kappa shape index (κ3) is 3.90. The number of nitrogens with zero attached hydrogens (tertiary/aromatic N) is 3. The summed E-state index contributed by atoms with van der Waals surface area (Å²) in [7, 11) is 0. The highest BCUT2D eigenvalue weighted by Gasteiger charge is 2.28. The molecule has 1 atom stereocenters. The highest BCUT2D eigenvalue weighted by atomic mass is 16.4. The zero-order chi connectivity index (χ0) is 17.8. The topological polar surface area (TPSA) is 75.4 Å². The summed E-state index contributed by atoms with van der Waals surface area (Å²) in [5, 5.41) is 13.2. The Balaban J connectivity index is 1.60. The standard InChI is InChI=1S/C19H23N3O3/c1-2-10-22-17(7-9-20-22)18(23)21-11-8-15(13-21)12-14-3-5-16(6-4-14)19(24)25/h3-7,9,15H,2,8,10-13H2,1H3,(H,24,25). The second kappa shape index (κ2) is 7.51. The number of likely N-dealkylation sites (tertiary alicyclic amines) is 1. The van der Waals surface area contributed by atoms with Crippen LogP contribution in [0, 0.1) is 5.92 Å². The summed E-state index contributed by atoms with van der Waals surface area (Å²) in [5.41, 5.74) is 2.07. The average molecular weight is 341 g/mol. The van der Waals surface area contributed by atoms with Gasteiger partial charge in [-0.1, -0.05) is 19.1 Å². The summed E-state index contributed by atoms with van der Waals surface area (Å²) < 4.78 is 1.78. The molecule has 6 nitrogen and oxygen atoms in total. The molecule has 1 aromatic heterocycles. The normalized spacial score (nSPS) is 17.0. The highest BCUT2D eigenvalue weighted by molar-refractivity contribution is 5.92. The third-order valence-electron chi connectivity index (χ3n) is 4.67. The summed E-state index contributed by atoms with van der Waals surface area (Å²) in [6.07, 6.45) is 4.45. The molecule has 1 fully saturated rings. The van der Waals surface area contributed by atoms with E-state index in [9.17, 15) is 9.59 Å². The molecule has 2 heterocycles. The van der Waals surface area contributed by atoms with E-state index in [0.717, 1.165) is 44.5 Å². The Hall–Kier alpha value is -2.63. The molecular weight excluding hydrogens is 318 g/mol. The van der Waals surface area contributed by atoms with Crippen LogP contribution in [0.3, 0.4) is 0 Å². The summed E-state index contributed by atoms with van der Waals surface area (Å²) >= 11 is 0. The van der Waals surface area contributed by atoms with Crippen LogP contribution in [0.25, 0.3) is 0 Å². The molecule has 1 aliphatic heterocycles. The van der Waals surface area contributed by atoms with Gasteiger partial charge in [0.1, 0.15) is 5.69 Å². The monoisotopic (exact) mass is 341 g/mol. The molecule has 1 unspecified atom stereocenters. The number of carbonyl (C=O) groups excluding carboxylic acids is 1. The first-order chi connectivity index (χ1) is 12.1. The number of aromatic carboxylic acids is 1. The Labute approximate surface area is 147 Å². The molecule has 0 saturated carbocycles. The molecule has 1 aromatic carbocycles. The second-order valence-electron chi connectivity index (χ2n) is 6.55. The first-order valence-electron chi connectivity index (χ1n) is 8.71. The molecule has 25 heavy (non-hydrogen) atoms. The van der Waals surface area contributed by atoms with Crippen LogP contribution >= 0.6 is 0 Å². The summed E-state index contributed by atoms with van der Waals surface area (Å²) in [6.45, 7) is 4.31. The maximum Gasteiger partial charge on any atom is 0.335 e. The van der Waals surface area contributed by atoms with Gasteiger partial charge in [0.05, 0.1) is 5.56 Å². The molecule has 1 aliphatic rings. The van der Waals surface area contributed by atoms with Crippen molar-refractivity contribution >= 4 is 11.9 Å². The minimum Gasteiger partial charge on any atom is -0.478 e. The predicted octanol–water partition coefficient (Wildman–Crippen LogP) is 2.70. The Kier molecular flexibility index (Phi) is 5.16. The van der Waals surface area contributed by atoms with Gasteiger partial charge in [-0.3, -0.25) is 9.48 Å². The summed E-state index contributed by atoms with van der Waals surface area (Å²) in [5.74, 6) is -0.454. The van der Waals surface area contributed by atoms with Gasteiger partial charge in [-0.2, -0.15) is 5.10 Å². The summed E-state index contributed by atoms with van der Waals surface area (Å²) in [4.78, 5) is 25.5. The van der Waals surface area contributed by atoms with E-state index < -0.39 is 5.97 Å². The van der Waals surface area contributed by atoms with Crippen molar-refractivity contribution in [2.24, 2.45) is 5.92 Å². The number of carboxylic acid groups (broad SMARTS) is 1. The lowest BCUT2D eigenvalue weighted by molar-refractivity contribution is 0.0695. The Bertz CT molecular complexity index is 752. The van der Waals surface area contributed by atoms with Gasteiger partial charge in [-0.15, -0.1) is 0 Å². The predicted molar refractivity (Wildman–Crippen MR) is 93.6 cm³/mol. The molecule has 1 N–H and O–H groups in total. The second-order valence-corrected chi connectivity index (χ2v) is 6.55. The van der Waals surface area contributed by atoms with Crippen molar-refractivity contribution in [3.63, 3.8) is 0 Å². The molecule has 0 bridgehead atoms. The van der Waals surface area contributed by atoms with Crippen molar-refractivity contribution < 1.29 is 14.7 Å². The van der Waals surface area contributed by atoms with E-state index in [-0.39, 0.29) is 5.91 Å². The lowest BCUT2D eigenvalue weighted by Gasteiger charge is -2.17. The summed E-state index contributed by atoms with van der Waals surface area (Å²) in [6, 6.07) is 8.79. The molecule has 132 valence electrons. The van der Waals surface area contributed by atoms with Crippen LogP contribution in [0.1, 0.15) is 46.2 Å². The van der Waals surface area contributed by atoms with Crippen LogP contribution in [0.2, 0.25) is 0 Å². The van der Waals surface area contributed by atoms with Crippen LogP contribution in [-0.2, 0) is 13.0 Å². The number of carbonyl (C=O) groups is 2. The van der Waals surface area contributed by atoms with E-state index in [2.05, 4.69) is 12.0 Å². The number of aryl methyl sites for hydroxylation is 1. The third-order valence-corrected chi connectivity index (χ3v) is 4.67. The maximum atomic E-state index is 12.7. The van der Waals surface area contributed by atoms with Gasteiger partial charge in [0.15, 0.2) is 0 Å². The Morgan fingerprint density at radius 1 is 1.24 bits per heavy atom. The van der Waals surface area contributed by atoms with Crippen LogP contribution in [0.5, 0.6) is 0 Å². The Morgan fingerprint density at radius 3 is 2.68 bits per heavy atom. The zero-order valence-electron chi connectivity index (χ0n) is 14.4. The van der Waals surface area contributed by atoms with E-state index in [4.69, 9.17) is 5.11 Å². The van der Waals surface area contributed by atoms with Gasteiger partial charge in [0.25, 0.3) is 5.91 Å². The first-order valence-corrected chi connectivity index (χ1v) is 8.71. The molecular formula is C19H23N3O3. The van der Waals surface area contributed by atoms with Gasteiger partial charge in [-0.05, 0) is 48.9 Å². The minimum absolute atomic E-state index is 0.0506. The van der Waals surface area contributed by atoms with E-state index in [1.54, 1.807) is 29.1 Å². The maximum absolute atomic E-state index is 12.7. The van der Waals surface area contributed by atoms with Crippen LogP contribution in [-0.4, -0.2) is 44.8 Å². The van der Waals surface area contributed by atoms with E-state index >= 15 is 0 Å². The SMILES string of the molecule is CCCn1nccc1C(=O)N1CCC(Cc2ccc(C(=O)O)cc2)C1. The van der Waals surface area contributed by atoms with E-state index in [0.29, 0.717) is 17.2 Å². The van der Waals surface area contributed by atoms with Crippen LogP contribution in [0.15, 0.2) is 36.5 Å². The molecule has 0 spiro atoms. The zero-order valence-corrected chi connectivity index (χ0v) is 14.4. The van der Waals surface area contributed by atoms with Crippen molar-refractivity contribution in [2.75, 3.05) is 13.1 Å². The van der Waals surface area contributed by atoms with Gasteiger partial charge in [0, 0.05) is 25.8 Å². The number of aromatic nitrogens is 2. The molecule has 1 saturated heterocycles. The Morgan fingerprint density at radius 2 is 2.00 bits per heavy atom. The number of hydrogen-bond donors (Lipinski definition) is 1. The smallest absolute Gasteiger partial charge is 0.335 e. The van der Waals surface area contributed by atoms with Gasteiger partial charge in [-0.25, -0.2) is 4.79 Å². The fourth-order valence-electron chi connectivity index (χ4n) is 3.37. The van der Waals surface area contributed by atoms with E-state index in [1.165, 1.54) is 0 Å². The van der Waals surface area contributed by atoms with Crippen LogP contribution < -0.4 is 0 Å². The van der Waals surface area contributed by atoms with Crippen LogP contribution in [0.4, 0.5) is 0 Å². The van der Waals surface area contributed by atoms with Crippen molar-refractivity contribution in [1.82, 2.24) is 14.7 Å². The van der Waals surface area contributed by atoms with Gasteiger partial charge in [0.2, 0.25) is 0 Å². The molecule has 3 rings (SSSR count). The van der Waals surface area contributed by atoms with Crippen molar-refractivity contribution in [2.45, 2.75) is 32.7 Å². The van der Waals surface area contributed by atoms with Gasteiger partial charge >= 0.3 is 5.97 Å². The van der Waals surface area contributed by atoms with Crippen molar-refractivity contribution in [3.05, 3.63) is 53.3 Å². The number of hydrogen-bond acceptors (Lipinski definition) is 3. The molecule has 1 amide bonds. The fraction of sp³-hybridized carbons (Fsp3) is 0.421. The average Bonchev–Trinajstić information content (AvgIpc) is 3.25. The number of benzene rings is 1. The lowest BCUT2D eigenvalue weighted by Crippen LogP contribution is -2.31. The van der Waals surface area contributed by atoms with Gasteiger partial charge < -0.3 is 10.0 Å². The lowest BCUT2D eigenvalue weighted by atomic mass is 9.98. The molecule has 2 aromatic rings. The quantitative estimate of drug-likeness (QED) is 0.876. The molecule has 0 aliphatic carbocycles. The number of amides is 1. The van der Waals surface area contributed by atoms with Crippen molar-refractivity contribution in [1.29, 1.82) is 0 Å². The van der Waals surface area contributed by atoms with E-state index in [1.807, 2.05) is 17.0 Å². The first kappa shape index (κ1) is 17.2. The minimum atomic E-state index is -0.909. The molecule has 6 heteroatoms. The highest BCUT2D eigenvalue weighted by Crippen LogP contribution is 2.23. The molecule has 0 radical (unpaired) electrons. The number of rotatable bonds is 6. The van der Waals surface area contributed by atoms with Crippen molar-refractivity contribution in [3.8, 4) is 0 Å². The largest absolute Gasteiger partial charge is 0.478 e. The number of carboxylic acids is 1.